The number of nitrogens with one attached hydrogen (secondary N) is 1. The van der Waals surface area contributed by atoms with Crippen molar-refractivity contribution in [1.29, 1.82) is 0 Å². The molecule has 1 fully saturated rings. The molecule has 0 atom stereocenters. The summed E-state index contributed by atoms with van der Waals surface area (Å²) in [6, 6.07) is 7.29. The Balaban J connectivity index is 1.64. The molecule has 0 unspecified atom stereocenters. The number of hydrogen-bond donors (Lipinski definition) is 1. The predicted molar refractivity (Wildman–Crippen MR) is 112 cm³/mol. The summed E-state index contributed by atoms with van der Waals surface area (Å²) in [4.78, 5) is 2.27. The predicted octanol–water partition coefficient (Wildman–Crippen LogP) is 3.18. The number of anilines is 1. The maximum Gasteiger partial charge on any atom is 0.301 e. The van der Waals surface area contributed by atoms with Gasteiger partial charge in [-0.2, -0.15) is 13.1 Å². The van der Waals surface area contributed by atoms with Gasteiger partial charge in [0, 0.05) is 19.6 Å². The summed E-state index contributed by atoms with van der Waals surface area (Å²) in [7, 11) is 0.204. The van der Waals surface area contributed by atoms with Crippen LogP contribution in [0.4, 0.5) is 5.69 Å². The van der Waals surface area contributed by atoms with Gasteiger partial charge in [-0.1, -0.05) is 18.9 Å². The highest BCUT2D eigenvalue weighted by molar-refractivity contribution is 7.90. The topological polar surface area (TPSA) is 61.9 Å². The van der Waals surface area contributed by atoms with Gasteiger partial charge >= 0.3 is 10.2 Å². The van der Waals surface area contributed by atoms with Crippen LogP contribution in [0.2, 0.25) is 0 Å². The highest BCUT2D eigenvalue weighted by Gasteiger charge is 2.29. The van der Waals surface area contributed by atoms with Gasteiger partial charge < -0.3 is 9.64 Å². The van der Waals surface area contributed by atoms with E-state index in [1.165, 1.54) is 17.1 Å². The van der Waals surface area contributed by atoms with Crippen LogP contribution in [0.15, 0.2) is 36.9 Å². The Morgan fingerprint density at radius 3 is 2.44 bits per heavy atom. The monoisotopic (exact) mass is 395 g/mol. The second-order valence-corrected chi connectivity index (χ2v) is 8.91. The van der Waals surface area contributed by atoms with E-state index >= 15 is 0 Å². The Hall–Kier alpha value is -1.57. The fourth-order valence-electron chi connectivity index (χ4n) is 2.72. The number of unbranched alkanes of at least 4 members (excludes halogenated alkanes) is 3. The SMILES string of the molecule is C=CCN(C)CCCCCCOc1ccc(N(C)S(=O)(=O)NC2CC2)cc1. The third kappa shape index (κ3) is 7.91. The Kier molecular flexibility index (Phi) is 8.60. The molecule has 1 aromatic carbocycles. The highest BCUT2D eigenvalue weighted by Crippen LogP contribution is 2.24. The average molecular weight is 396 g/mol. The van der Waals surface area contributed by atoms with Gasteiger partial charge in [-0.05, 0) is 63.5 Å². The molecule has 1 aromatic rings. The standard InChI is InChI=1S/C20H33N3O3S/c1-4-15-22(2)16-7-5-6-8-17-26-20-13-11-19(12-14-20)23(3)27(24,25)21-18-9-10-18/h4,11-14,18,21H,1,5-10,15-17H2,2-3H3. The molecule has 0 radical (unpaired) electrons. The zero-order chi connectivity index (χ0) is 19.7. The average Bonchev–Trinajstić information content (AvgIpc) is 3.44. The van der Waals surface area contributed by atoms with Crippen LogP contribution in [0.5, 0.6) is 5.75 Å². The fourth-order valence-corrected chi connectivity index (χ4v) is 3.94. The molecule has 1 aliphatic carbocycles. The van der Waals surface area contributed by atoms with Gasteiger partial charge in [0.15, 0.2) is 0 Å². The summed E-state index contributed by atoms with van der Waals surface area (Å²) < 4.78 is 34.1. The van der Waals surface area contributed by atoms with Gasteiger partial charge in [-0.25, -0.2) is 0 Å². The van der Waals surface area contributed by atoms with E-state index in [4.69, 9.17) is 4.74 Å². The number of ether oxygens (including phenoxy) is 1. The van der Waals surface area contributed by atoms with E-state index in [1.54, 1.807) is 19.2 Å². The van der Waals surface area contributed by atoms with Crippen molar-refractivity contribution in [1.82, 2.24) is 9.62 Å². The van der Waals surface area contributed by atoms with E-state index in [2.05, 4.69) is 23.2 Å². The molecule has 0 amide bonds. The second kappa shape index (κ2) is 10.7. The summed E-state index contributed by atoms with van der Waals surface area (Å²) in [6.45, 7) is 6.46. The molecule has 0 aliphatic heterocycles. The minimum Gasteiger partial charge on any atom is -0.494 e. The van der Waals surface area contributed by atoms with Crippen molar-refractivity contribution in [3.05, 3.63) is 36.9 Å². The first-order valence-electron chi connectivity index (χ1n) is 9.71. The third-order valence-corrected chi connectivity index (χ3v) is 6.16. The largest absolute Gasteiger partial charge is 0.494 e. The smallest absolute Gasteiger partial charge is 0.301 e. The lowest BCUT2D eigenvalue weighted by Gasteiger charge is -2.20. The zero-order valence-corrected chi connectivity index (χ0v) is 17.4. The van der Waals surface area contributed by atoms with Gasteiger partial charge in [-0.3, -0.25) is 4.31 Å². The van der Waals surface area contributed by atoms with Crippen LogP contribution in [-0.2, 0) is 10.2 Å². The van der Waals surface area contributed by atoms with Crippen molar-refractivity contribution >= 4 is 15.9 Å². The van der Waals surface area contributed by atoms with Gasteiger partial charge in [0.25, 0.3) is 0 Å². The summed E-state index contributed by atoms with van der Waals surface area (Å²) in [6.07, 6.45) is 8.32. The van der Waals surface area contributed by atoms with Crippen LogP contribution in [-0.4, -0.2) is 53.2 Å². The maximum atomic E-state index is 12.2. The summed E-state index contributed by atoms with van der Waals surface area (Å²) in [5, 5.41) is 0. The molecule has 0 heterocycles. The lowest BCUT2D eigenvalue weighted by molar-refractivity contribution is 0.300. The Bertz CT molecular complexity index is 672. The van der Waals surface area contributed by atoms with Crippen LogP contribution in [0.1, 0.15) is 38.5 Å². The number of nitrogens with zero attached hydrogens (tertiary/aromatic N) is 2. The van der Waals surface area contributed by atoms with Crippen LogP contribution < -0.4 is 13.8 Å². The van der Waals surface area contributed by atoms with Crippen molar-refractivity contribution in [2.75, 3.05) is 38.1 Å². The Morgan fingerprint density at radius 2 is 1.81 bits per heavy atom. The van der Waals surface area contributed by atoms with E-state index < -0.39 is 10.2 Å². The Labute approximate surface area is 164 Å². The summed E-state index contributed by atoms with van der Waals surface area (Å²) in [5.74, 6) is 0.769. The van der Waals surface area contributed by atoms with Crippen molar-refractivity contribution in [2.24, 2.45) is 0 Å². The van der Waals surface area contributed by atoms with E-state index in [0.29, 0.717) is 12.3 Å². The third-order valence-electron chi connectivity index (χ3n) is 4.60. The van der Waals surface area contributed by atoms with Gasteiger partial charge in [0.1, 0.15) is 5.75 Å². The number of likely N-dealkylation sites (N-methyl/N-ethyl adjacent to an activating group) is 1. The first-order chi connectivity index (χ1) is 12.9. The van der Waals surface area contributed by atoms with Gasteiger partial charge in [0.05, 0.1) is 12.3 Å². The summed E-state index contributed by atoms with van der Waals surface area (Å²) in [5.41, 5.74) is 0.624. The molecule has 0 bridgehead atoms. The minimum atomic E-state index is -3.47. The second-order valence-electron chi connectivity index (χ2n) is 7.17. The Morgan fingerprint density at radius 1 is 1.15 bits per heavy atom. The van der Waals surface area contributed by atoms with E-state index in [0.717, 1.165) is 44.5 Å². The molecule has 7 heteroatoms. The lowest BCUT2D eigenvalue weighted by atomic mass is 10.2. The molecular formula is C20H33N3O3S. The first kappa shape index (κ1) is 21.7. The molecule has 1 N–H and O–H groups in total. The molecule has 6 nitrogen and oxygen atoms in total. The van der Waals surface area contributed by atoms with Gasteiger partial charge in [0.2, 0.25) is 0 Å². The fraction of sp³-hybridized carbons (Fsp3) is 0.600. The van der Waals surface area contributed by atoms with Crippen molar-refractivity contribution in [3.63, 3.8) is 0 Å². The van der Waals surface area contributed by atoms with E-state index in [1.807, 2.05) is 18.2 Å². The maximum absolute atomic E-state index is 12.2. The lowest BCUT2D eigenvalue weighted by Crippen LogP contribution is -2.39. The number of benzene rings is 1. The normalized spacial score (nSPS) is 14.3. The van der Waals surface area contributed by atoms with Crippen molar-refractivity contribution in [2.45, 2.75) is 44.6 Å². The van der Waals surface area contributed by atoms with Gasteiger partial charge in [-0.15, -0.1) is 6.58 Å². The van der Waals surface area contributed by atoms with Crippen LogP contribution in [0.3, 0.4) is 0 Å². The van der Waals surface area contributed by atoms with Crippen molar-refractivity contribution < 1.29 is 13.2 Å². The highest BCUT2D eigenvalue weighted by atomic mass is 32.2. The van der Waals surface area contributed by atoms with Crippen LogP contribution in [0.25, 0.3) is 0 Å². The quantitative estimate of drug-likeness (QED) is 0.388. The molecule has 0 aromatic heterocycles. The molecular weight excluding hydrogens is 362 g/mol. The first-order valence-corrected chi connectivity index (χ1v) is 11.1. The van der Waals surface area contributed by atoms with Crippen LogP contribution >= 0.6 is 0 Å². The minimum absolute atomic E-state index is 0.0995. The summed E-state index contributed by atoms with van der Waals surface area (Å²) >= 11 is 0. The molecule has 0 saturated heterocycles. The van der Waals surface area contributed by atoms with Crippen LogP contribution in [0, 0.1) is 0 Å². The van der Waals surface area contributed by atoms with Crippen molar-refractivity contribution in [3.8, 4) is 5.75 Å². The molecule has 0 spiro atoms. The molecule has 1 aliphatic rings. The van der Waals surface area contributed by atoms with E-state index in [-0.39, 0.29) is 6.04 Å². The molecule has 1 saturated carbocycles. The zero-order valence-electron chi connectivity index (χ0n) is 16.6. The molecule has 152 valence electrons. The van der Waals surface area contributed by atoms with E-state index in [9.17, 15) is 8.42 Å². The molecule has 27 heavy (non-hydrogen) atoms. The number of hydrogen-bond acceptors (Lipinski definition) is 4. The number of rotatable bonds is 14. The molecule has 2 rings (SSSR count).